The topological polar surface area (TPSA) is 75.0 Å². The van der Waals surface area contributed by atoms with Gasteiger partial charge in [-0.15, -0.1) is 0 Å². The molecule has 6 heteroatoms. The van der Waals surface area contributed by atoms with Crippen LogP contribution in [-0.4, -0.2) is 36.4 Å². The highest BCUT2D eigenvalue weighted by atomic mass is 16.8. The number of furan rings is 1. The largest absolute Gasteiger partial charge is 0.472 e. The number of rotatable bonds is 5. The molecule has 0 N–H and O–H groups in total. The van der Waals surface area contributed by atoms with Gasteiger partial charge >= 0.3 is 5.97 Å². The molecule has 0 bridgehead atoms. The normalized spacial score (nSPS) is 22.2. The van der Waals surface area contributed by atoms with Crippen molar-refractivity contribution in [3.8, 4) is 0 Å². The van der Waals surface area contributed by atoms with Crippen molar-refractivity contribution >= 4 is 11.8 Å². The molecule has 0 unspecified atom stereocenters. The minimum absolute atomic E-state index is 0.0780. The van der Waals surface area contributed by atoms with Gasteiger partial charge in [-0.2, -0.15) is 0 Å². The molecule has 2 heterocycles. The molecule has 6 nitrogen and oxygen atoms in total. The number of benzene rings is 1. The highest BCUT2D eigenvalue weighted by Crippen LogP contribution is 2.30. The summed E-state index contributed by atoms with van der Waals surface area (Å²) in [7, 11) is 0. The lowest BCUT2D eigenvalue weighted by atomic mass is 10.1. The molecule has 1 aliphatic rings. The molecule has 126 valence electrons. The van der Waals surface area contributed by atoms with Crippen LogP contribution >= 0.6 is 0 Å². The van der Waals surface area contributed by atoms with E-state index in [9.17, 15) is 9.59 Å². The molecule has 24 heavy (non-hydrogen) atoms. The van der Waals surface area contributed by atoms with Crippen molar-refractivity contribution in [2.45, 2.75) is 31.8 Å². The van der Waals surface area contributed by atoms with Gasteiger partial charge in [0.05, 0.1) is 17.4 Å². The average molecular weight is 330 g/mol. The van der Waals surface area contributed by atoms with Crippen molar-refractivity contribution in [1.29, 1.82) is 0 Å². The molecule has 0 spiro atoms. The second-order valence-electron chi connectivity index (χ2n) is 5.94. The fourth-order valence-corrected chi connectivity index (χ4v) is 2.56. The monoisotopic (exact) mass is 330 g/mol. The average Bonchev–Trinajstić information content (AvgIpc) is 3.20. The zero-order valence-corrected chi connectivity index (χ0v) is 13.4. The van der Waals surface area contributed by atoms with Crippen LogP contribution in [0.3, 0.4) is 0 Å². The molecule has 0 amide bonds. The summed E-state index contributed by atoms with van der Waals surface area (Å²) in [6.45, 7) is 3.34. The number of carbonyl (C=O) groups is 2. The third kappa shape index (κ3) is 3.55. The van der Waals surface area contributed by atoms with E-state index in [0.717, 1.165) is 0 Å². The van der Waals surface area contributed by atoms with Gasteiger partial charge in [-0.1, -0.05) is 18.2 Å². The van der Waals surface area contributed by atoms with Crippen molar-refractivity contribution in [3.05, 3.63) is 60.1 Å². The van der Waals surface area contributed by atoms with E-state index >= 15 is 0 Å². The molecule has 1 aromatic carbocycles. The Hall–Kier alpha value is -2.44. The number of hydrogen-bond donors (Lipinski definition) is 0. The van der Waals surface area contributed by atoms with E-state index in [0.29, 0.717) is 11.1 Å². The fraction of sp³-hybridized carbons (Fsp3) is 0.333. The van der Waals surface area contributed by atoms with Crippen molar-refractivity contribution in [3.63, 3.8) is 0 Å². The van der Waals surface area contributed by atoms with Gasteiger partial charge in [0.2, 0.25) is 0 Å². The molecule has 1 aromatic heterocycles. The number of ketones is 1. The Morgan fingerprint density at radius 1 is 1.08 bits per heavy atom. The van der Waals surface area contributed by atoms with E-state index in [-0.39, 0.29) is 12.4 Å². The molecule has 0 aliphatic carbocycles. The molecule has 0 saturated carbocycles. The molecule has 1 fully saturated rings. The summed E-state index contributed by atoms with van der Waals surface area (Å²) in [6, 6.07) is 10.2. The van der Waals surface area contributed by atoms with E-state index in [1.807, 2.05) is 6.07 Å². The summed E-state index contributed by atoms with van der Waals surface area (Å²) >= 11 is 0. The van der Waals surface area contributed by atoms with Crippen LogP contribution in [0.15, 0.2) is 53.3 Å². The van der Waals surface area contributed by atoms with Crippen molar-refractivity contribution in [1.82, 2.24) is 0 Å². The minimum atomic E-state index is -0.937. The maximum absolute atomic E-state index is 12.5. The highest BCUT2D eigenvalue weighted by Gasteiger charge is 2.46. The smallest absolute Gasteiger partial charge is 0.338 e. The summed E-state index contributed by atoms with van der Waals surface area (Å²) in [4.78, 5) is 24.6. The number of esters is 1. The summed E-state index contributed by atoms with van der Waals surface area (Å²) in [5.41, 5.74) is 0.828. The predicted octanol–water partition coefficient (Wildman–Crippen LogP) is 2.84. The Kier molecular flexibility index (Phi) is 4.51. The SMILES string of the molecule is CC1(C)O[C@H](COC(=O)c2ccccc2)[C@H](C(=O)c2ccoc2)O1. The third-order valence-electron chi connectivity index (χ3n) is 3.64. The molecule has 1 saturated heterocycles. The Morgan fingerprint density at radius 2 is 1.83 bits per heavy atom. The van der Waals surface area contributed by atoms with Crippen LogP contribution in [0.25, 0.3) is 0 Å². The summed E-state index contributed by atoms with van der Waals surface area (Å²) in [5.74, 6) is -1.68. The molecule has 1 aliphatic heterocycles. The van der Waals surface area contributed by atoms with Gasteiger partial charge in [-0.05, 0) is 32.0 Å². The highest BCUT2D eigenvalue weighted by molar-refractivity contribution is 5.99. The Morgan fingerprint density at radius 3 is 2.50 bits per heavy atom. The number of ether oxygens (including phenoxy) is 3. The van der Waals surface area contributed by atoms with Crippen LogP contribution in [0.5, 0.6) is 0 Å². The van der Waals surface area contributed by atoms with E-state index in [1.54, 1.807) is 44.2 Å². The predicted molar refractivity (Wildman–Crippen MR) is 83.6 cm³/mol. The van der Waals surface area contributed by atoms with Crippen molar-refractivity contribution in [2.75, 3.05) is 6.61 Å². The quantitative estimate of drug-likeness (QED) is 0.620. The van der Waals surface area contributed by atoms with Crippen LogP contribution in [0.4, 0.5) is 0 Å². The maximum atomic E-state index is 12.5. The minimum Gasteiger partial charge on any atom is -0.472 e. The molecule has 3 rings (SSSR count). The van der Waals surface area contributed by atoms with Crippen LogP contribution < -0.4 is 0 Å². The lowest BCUT2D eigenvalue weighted by Gasteiger charge is -2.16. The molecule has 0 radical (unpaired) electrons. The first-order valence-corrected chi connectivity index (χ1v) is 7.60. The van der Waals surface area contributed by atoms with E-state index < -0.39 is 24.0 Å². The summed E-state index contributed by atoms with van der Waals surface area (Å²) in [5, 5.41) is 0. The zero-order chi connectivity index (χ0) is 17.2. The van der Waals surface area contributed by atoms with Gasteiger partial charge in [0.25, 0.3) is 0 Å². The second kappa shape index (κ2) is 6.59. The molecular weight excluding hydrogens is 312 g/mol. The van der Waals surface area contributed by atoms with Crippen molar-refractivity contribution in [2.24, 2.45) is 0 Å². The Balaban J connectivity index is 1.68. The number of hydrogen-bond acceptors (Lipinski definition) is 6. The lowest BCUT2D eigenvalue weighted by molar-refractivity contribution is -0.146. The van der Waals surface area contributed by atoms with Gasteiger partial charge in [-0.3, -0.25) is 4.79 Å². The van der Waals surface area contributed by atoms with E-state index in [4.69, 9.17) is 18.6 Å². The standard InChI is InChI=1S/C18H18O6/c1-18(2)23-14(11-22-17(20)12-6-4-3-5-7-12)16(24-18)15(19)13-8-9-21-10-13/h3-10,14,16H,11H2,1-2H3/t14-,16-/m1/s1. The van der Waals surface area contributed by atoms with Gasteiger partial charge in [-0.25, -0.2) is 4.79 Å². The maximum Gasteiger partial charge on any atom is 0.338 e. The first-order chi connectivity index (χ1) is 11.5. The second-order valence-corrected chi connectivity index (χ2v) is 5.94. The van der Waals surface area contributed by atoms with Crippen molar-refractivity contribution < 1.29 is 28.2 Å². The van der Waals surface area contributed by atoms with Crippen LogP contribution in [0.1, 0.15) is 34.6 Å². The Bertz CT molecular complexity index is 704. The van der Waals surface area contributed by atoms with Crippen LogP contribution in [-0.2, 0) is 14.2 Å². The van der Waals surface area contributed by atoms with E-state index in [1.165, 1.54) is 12.5 Å². The number of Topliss-reactive ketones (excluding diaryl/α,β-unsaturated/α-hetero) is 1. The summed E-state index contributed by atoms with van der Waals surface area (Å²) in [6.07, 6.45) is 1.22. The first kappa shape index (κ1) is 16.4. The van der Waals surface area contributed by atoms with Gasteiger partial charge in [0, 0.05) is 0 Å². The first-order valence-electron chi connectivity index (χ1n) is 7.60. The summed E-state index contributed by atoms with van der Waals surface area (Å²) < 4.78 is 21.6. The van der Waals surface area contributed by atoms with Crippen LogP contribution in [0, 0.1) is 0 Å². The zero-order valence-electron chi connectivity index (χ0n) is 13.4. The van der Waals surface area contributed by atoms with E-state index in [2.05, 4.69) is 0 Å². The third-order valence-corrected chi connectivity index (χ3v) is 3.64. The lowest BCUT2D eigenvalue weighted by Crippen LogP contribution is -2.35. The van der Waals surface area contributed by atoms with Gasteiger partial charge < -0.3 is 18.6 Å². The number of carbonyl (C=O) groups excluding carboxylic acids is 2. The fourth-order valence-electron chi connectivity index (χ4n) is 2.56. The van der Waals surface area contributed by atoms with Crippen LogP contribution in [0.2, 0.25) is 0 Å². The van der Waals surface area contributed by atoms with Gasteiger partial charge in [0.15, 0.2) is 17.7 Å². The molecular formula is C18H18O6. The van der Waals surface area contributed by atoms with Gasteiger partial charge in [0.1, 0.15) is 19.0 Å². The Labute approximate surface area is 139 Å². The molecule has 2 atom stereocenters. The molecule has 2 aromatic rings.